The number of carbonyl (C=O) groups is 1. The molecule has 0 aliphatic rings. The first kappa shape index (κ1) is 56.0. The number of carbonyl (C=O) groups excluding carboxylic acids is 1. The number of aryl methyl sites for hydroxylation is 1. The standard InChI is InChI=1S/C45H82O15/c1-5-6-7-8-9-10-11-12-42-13-15-43(16-14-42)59-40-39-57-36-35-55-32-31-53-28-27-51-24-23-49-20-19-47-17-18-48-21-22-50-25-26-52-29-30-54-33-34-56-37-38-58-41-44(46)60-45(2,3)4/h13-16H,5-12,17-41H2,1-4H3. The maximum absolute atomic E-state index is 11.5. The summed E-state index contributed by atoms with van der Waals surface area (Å²) in [7, 11) is 0. The van der Waals surface area contributed by atoms with Gasteiger partial charge in [0.2, 0.25) is 0 Å². The van der Waals surface area contributed by atoms with Crippen molar-refractivity contribution >= 4 is 5.97 Å². The van der Waals surface area contributed by atoms with E-state index in [0.717, 1.165) is 12.2 Å². The Bertz CT molecular complexity index is 1020. The van der Waals surface area contributed by atoms with E-state index in [1.54, 1.807) is 0 Å². The van der Waals surface area contributed by atoms with Crippen molar-refractivity contribution < 1.29 is 71.1 Å². The number of rotatable bonds is 47. The highest BCUT2D eigenvalue weighted by Crippen LogP contribution is 2.15. The maximum Gasteiger partial charge on any atom is 0.332 e. The van der Waals surface area contributed by atoms with Crippen LogP contribution in [-0.4, -0.2) is 177 Å². The third-order valence-corrected chi connectivity index (χ3v) is 8.22. The van der Waals surface area contributed by atoms with Crippen LogP contribution in [0.25, 0.3) is 0 Å². The first-order valence-electron chi connectivity index (χ1n) is 22.3. The van der Waals surface area contributed by atoms with E-state index in [1.807, 2.05) is 20.8 Å². The number of hydrogen-bond acceptors (Lipinski definition) is 15. The number of hydrogen-bond donors (Lipinski definition) is 0. The Balaban J connectivity index is 1.67. The zero-order valence-electron chi connectivity index (χ0n) is 37.8. The predicted molar refractivity (Wildman–Crippen MR) is 229 cm³/mol. The van der Waals surface area contributed by atoms with Gasteiger partial charge in [0.05, 0.1) is 152 Å². The third kappa shape index (κ3) is 42.7. The molecule has 1 aromatic carbocycles. The summed E-state index contributed by atoms with van der Waals surface area (Å²) in [6.45, 7) is 19.2. The van der Waals surface area contributed by atoms with Crippen molar-refractivity contribution in [1.29, 1.82) is 0 Å². The van der Waals surface area contributed by atoms with Crippen molar-refractivity contribution in [1.82, 2.24) is 0 Å². The topological polar surface area (TPSA) is 146 Å². The SMILES string of the molecule is CCCCCCCCCc1ccc(OCCOCCOCCOCCOCCOCCOCCOCCOCCOCCOCCOCCOCC(=O)OC(C)(C)C)cc1. The van der Waals surface area contributed by atoms with Gasteiger partial charge in [-0.05, 0) is 51.3 Å². The highest BCUT2D eigenvalue weighted by atomic mass is 16.6. The summed E-state index contributed by atoms with van der Waals surface area (Å²) in [5.74, 6) is 0.495. The van der Waals surface area contributed by atoms with Crippen molar-refractivity contribution in [3.63, 3.8) is 0 Å². The molecule has 0 amide bonds. The molecule has 60 heavy (non-hydrogen) atoms. The molecule has 0 N–H and O–H groups in total. The van der Waals surface area contributed by atoms with Crippen molar-refractivity contribution in [2.75, 3.05) is 165 Å². The minimum absolute atomic E-state index is 0.0850. The van der Waals surface area contributed by atoms with Crippen LogP contribution in [0.4, 0.5) is 0 Å². The summed E-state index contributed by atoms with van der Waals surface area (Å²) in [5, 5.41) is 0. The Morgan fingerprint density at radius 2 is 0.700 bits per heavy atom. The van der Waals surface area contributed by atoms with Crippen LogP contribution in [0.2, 0.25) is 0 Å². The average molecular weight is 863 g/mol. The molecule has 0 saturated heterocycles. The molecule has 0 fully saturated rings. The van der Waals surface area contributed by atoms with E-state index in [0.29, 0.717) is 159 Å². The van der Waals surface area contributed by atoms with E-state index in [9.17, 15) is 4.79 Å². The van der Waals surface area contributed by atoms with Crippen LogP contribution in [0.5, 0.6) is 5.75 Å². The number of unbranched alkanes of at least 4 members (excludes halogenated alkanes) is 6. The lowest BCUT2D eigenvalue weighted by molar-refractivity contribution is -0.160. The van der Waals surface area contributed by atoms with Gasteiger partial charge in [0.25, 0.3) is 0 Å². The van der Waals surface area contributed by atoms with Crippen LogP contribution in [0.15, 0.2) is 24.3 Å². The van der Waals surface area contributed by atoms with Crippen molar-refractivity contribution in [3.05, 3.63) is 29.8 Å². The van der Waals surface area contributed by atoms with E-state index in [1.165, 1.54) is 50.5 Å². The fourth-order valence-electron chi connectivity index (χ4n) is 5.20. The first-order valence-corrected chi connectivity index (χ1v) is 22.3. The van der Waals surface area contributed by atoms with E-state index in [4.69, 9.17) is 66.3 Å². The molecule has 0 aliphatic heterocycles. The van der Waals surface area contributed by atoms with E-state index >= 15 is 0 Å². The van der Waals surface area contributed by atoms with Crippen LogP contribution in [0.3, 0.4) is 0 Å². The predicted octanol–water partition coefficient (Wildman–Crippen LogP) is 5.90. The van der Waals surface area contributed by atoms with Crippen LogP contribution in [-0.2, 0) is 72.8 Å². The summed E-state index contributed by atoms with van der Waals surface area (Å²) in [6.07, 6.45) is 10.5. The molecule has 0 spiro atoms. The Labute approximate surface area is 361 Å². The molecule has 0 unspecified atom stereocenters. The molecular weight excluding hydrogens is 780 g/mol. The molecule has 1 aromatic rings. The molecule has 352 valence electrons. The van der Waals surface area contributed by atoms with Gasteiger partial charge in [0.15, 0.2) is 0 Å². The largest absolute Gasteiger partial charge is 0.491 e. The van der Waals surface area contributed by atoms with Gasteiger partial charge in [-0.25, -0.2) is 4.79 Å². The average Bonchev–Trinajstić information content (AvgIpc) is 3.22. The number of benzene rings is 1. The number of esters is 1. The van der Waals surface area contributed by atoms with Crippen LogP contribution in [0.1, 0.15) is 78.2 Å². The first-order chi connectivity index (χ1) is 29.4. The van der Waals surface area contributed by atoms with Crippen LogP contribution >= 0.6 is 0 Å². The van der Waals surface area contributed by atoms with Gasteiger partial charge in [0, 0.05) is 0 Å². The van der Waals surface area contributed by atoms with Gasteiger partial charge >= 0.3 is 5.97 Å². The maximum atomic E-state index is 11.5. The minimum atomic E-state index is -0.514. The molecule has 0 bridgehead atoms. The molecule has 0 aliphatic carbocycles. The second-order valence-corrected chi connectivity index (χ2v) is 14.7. The summed E-state index contributed by atoms with van der Waals surface area (Å²) in [5.41, 5.74) is 0.862. The Kier molecular flexibility index (Phi) is 40.8. The second-order valence-electron chi connectivity index (χ2n) is 14.7. The summed E-state index contributed by atoms with van der Waals surface area (Å²) in [6, 6.07) is 8.44. The molecule has 15 heteroatoms. The summed E-state index contributed by atoms with van der Waals surface area (Å²) < 4.78 is 76.7. The Hall–Kier alpha value is -1.99. The van der Waals surface area contributed by atoms with E-state index in [-0.39, 0.29) is 12.6 Å². The normalized spacial score (nSPS) is 11.7. The molecule has 0 saturated carbocycles. The van der Waals surface area contributed by atoms with Gasteiger partial charge < -0.3 is 66.3 Å². The molecule has 1 rings (SSSR count). The van der Waals surface area contributed by atoms with Gasteiger partial charge in [0.1, 0.15) is 24.6 Å². The van der Waals surface area contributed by atoms with E-state index < -0.39 is 5.60 Å². The van der Waals surface area contributed by atoms with Crippen molar-refractivity contribution in [2.24, 2.45) is 0 Å². The van der Waals surface area contributed by atoms with Crippen LogP contribution in [0, 0.1) is 0 Å². The van der Waals surface area contributed by atoms with Gasteiger partial charge in [-0.2, -0.15) is 0 Å². The zero-order valence-corrected chi connectivity index (χ0v) is 37.8. The molecule has 0 heterocycles. The Morgan fingerprint density at radius 3 is 1.03 bits per heavy atom. The molecule has 0 atom stereocenters. The smallest absolute Gasteiger partial charge is 0.332 e. The van der Waals surface area contributed by atoms with Crippen LogP contribution < -0.4 is 4.74 Å². The van der Waals surface area contributed by atoms with Crippen molar-refractivity contribution in [2.45, 2.75) is 84.7 Å². The summed E-state index contributed by atoms with van der Waals surface area (Å²) >= 11 is 0. The summed E-state index contributed by atoms with van der Waals surface area (Å²) in [4.78, 5) is 11.5. The number of ether oxygens (including phenoxy) is 14. The highest BCUT2D eigenvalue weighted by Gasteiger charge is 2.16. The lowest BCUT2D eigenvalue weighted by Crippen LogP contribution is -2.27. The Morgan fingerprint density at radius 1 is 0.400 bits per heavy atom. The quantitative estimate of drug-likeness (QED) is 0.0566. The molecule has 0 aromatic heterocycles. The van der Waals surface area contributed by atoms with Gasteiger partial charge in [-0.1, -0.05) is 57.6 Å². The minimum Gasteiger partial charge on any atom is -0.491 e. The third-order valence-electron chi connectivity index (χ3n) is 8.22. The fourth-order valence-corrected chi connectivity index (χ4v) is 5.20. The monoisotopic (exact) mass is 863 g/mol. The van der Waals surface area contributed by atoms with Gasteiger partial charge in [-0.3, -0.25) is 0 Å². The zero-order chi connectivity index (χ0) is 43.3. The lowest BCUT2D eigenvalue weighted by Gasteiger charge is -2.19. The lowest BCUT2D eigenvalue weighted by atomic mass is 10.0. The second kappa shape index (κ2) is 43.7. The highest BCUT2D eigenvalue weighted by molar-refractivity contribution is 5.71. The fraction of sp³-hybridized carbons (Fsp3) is 0.844. The van der Waals surface area contributed by atoms with Crippen molar-refractivity contribution in [3.8, 4) is 5.75 Å². The molecule has 15 nitrogen and oxygen atoms in total. The van der Waals surface area contributed by atoms with Gasteiger partial charge in [-0.15, -0.1) is 0 Å². The molecular formula is C45H82O15. The molecule has 0 radical (unpaired) electrons. The van der Waals surface area contributed by atoms with E-state index in [2.05, 4.69) is 31.2 Å².